The van der Waals surface area contributed by atoms with Gasteiger partial charge in [0.2, 0.25) is 0 Å². The normalized spacial score (nSPS) is 12.0. The highest BCUT2D eigenvalue weighted by molar-refractivity contribution is 6.00. The topological polar surface area (TPSA) is 197 Å². The molecule has 14 nitrogen and oxygen atoms in total. The van der Waals surface area contributed by atoms with Crippen molar-refractivity contribution in [2.24, 2.45) is 10.2 Å². The van der Waals surface area contributed by atoms with E-state index in [1.165, 1.54) is 22.3 Å². The Morgan fingerprint density at radius 3 is 0.979 bits per heavy atom. The Morgan fingerprint density at radius 1 is 0.372 bits per heavy atom. The molecule has 0 amide bonds. The van der Waals surface area contributed by atoms with Crippen LogP contribution in [-0.2, 0) is 37.0 Å². The summed E-state index contributed by atoms with van der Waals surface area (Å²) in [6.45, 7) is 19.1. The zero-order valence-corrected chi connectivity index (χ0v) is 55.2. The molecule has 0 radical (unpaired) electrons. The average molecular weight is 1250 g/mol. The molecule has 5 heterocycles. The smallest absolute Gasteiger partial charge is 0.119 e. The number of benzene rings is 6. The number of nitrogens with zero attached hydrogens (tertiary/aromatic N) is 8. The van der Waals surface area contributed by atoms with Gasteiger partial charge in [0.15, 0.2) is 0 Å². The van der Waals surface area contributed by atoms with E-state index in [0.29, 0.717) is 26.3 Å². The highest BCUT2D eigenvalue weighted by Gasteiger charge is 2.22. The highest BCUT2D eigenvalue weighted by Crippen LogP contribution is 2.40. The van der Waals surface area contributed by atoms with E-state index >= 15 is 0 Å². The standard InChI is InChI=1S/C80H86N12O2/c1-79(2,3)63-31-23-59(24-32-63)75-67-39-43-71(87-67)77(61-27-35-65(36-28-61)93-49-13-9-7-11-47-83-51-55-15-19-57(20-16-55)53-85-91-81)73-45-41-69(89-73)76(60-25-33-64(34-26-60)80(4,5)6)70-42-46-74(90-70)78(72-44-40-68(75)88-72)62-29-37-66(38-30-62)94-50-14-10-8-12-48-84-52-56-17-21-58(22-18-56)54-86-92-82/h15-46,83-84,87,90H,7-14,47-54H2,1-6H3. The number of azide groups is 2. The Balaban J connectivity index is 0.877. The number of ether oxygens (including phenoxy) is 2. The van der Waals surface area contributed by atoms with Crippen LogP contribution in [0.5, 0.6) is 11.5 Å². The third kappa shape index (κ3) is 17.0. The first-order valence-corrected chi connectivity index (χ1v) is 33.2. The van der Waals surface area contributed by atoms with Crippen LogP contribution in [0.25, 0.3) is 112 Å². The summed E-state index contributed by atoms with van der Waals surface area (Å²) in [4.78, 5) is 24.8. The van der Waals surface area contributed by atoms with Crippen molar-refractivity contribution < 1.29 is 9.47 Å². The number of aromatic nitrogens is 4. The van der Waals surface area contributed by atoms with E-state index in [9.17, 15) is 0 Å². The van der Waals surface area contributed by atoms with Gasteiger partial charge in [0.25, 0.3) is 0 Å². The number of fused-ring (bicyclic) bond motifs is 8. The number of hydrogen-bond acceptors (Lipinski definition) is 8. The number of nitrogens with one attached hydrogen (secondary N) is 4. The molecular weight excluding hydrogens is 1160 g/mol. The third-order valence-electron chi connectivity index (χ3n) is 17.5. The quantitative estimate of drug-likeness (QED) is 0.0163. The van der Waals surface area contributed by atoms with Gasteiger partial charge in [-0.2, -0.15) is 0 Å². The van der Waals surface area contributed by atoms with Crippen LogP contribution in [0.2, 0.25) is 0 Å². The summed E-state index contributed by atoms with van der Waals surface area (Å²) in [6.07, 6.45) is 17.2. The van der Waals surface area contributed by atoms with Crippen LogP contribution in [0.4, 0.5) is 0 Å². The van der Waals surface area contributed by atoms with Gasteiger partial charge in [-0.3, -0.25) is 0 Å². The molecule has 0 atom stereocenters. The predicted octanol–water partition coefficient (Wildman–Crippen LogP) is 21.0. The molecule has 478 valence electrons. The lowest BCUT2D eigenvalue weighted by Crippen LogP contribution is -2.14. The number of rotatable bonds is 28. The second-order valence-electron chi connectivity index (χ2n) is 26.5. The molecule has 0 fully saturated rings. The molecule has 6 aromatic carbocycles. The Bertz CT molecular complexity index is 4080. The molecule has 2 aliphatic heterocycles. The van der Waals surface area contributed by atoms with Crippen LogP contribution in [0.3, 0.4) is 0 Å². The van der Waals surface area contributed by atoms with Gasteiger partial charge in [-0.25, -0.2) is 9.97 Å². The number of unbranched alkanes of at least 4 members (excludes halogenated alkanes) is 6. The number of H-pyrrole nitrogens is 2. The van der Waals surface area contributed by atoms with Crippen LogP contribution in [0, 0.1) is 0 Å². The van der Waals surface area contributed by atoms with E-state index in [1.807, 2.05) is 24.3 Å². The van der Waals surface area contributed by atoms with Crippen molar-refractivity contribution in [1.82, 2.24) is 30.6 Å². The minimum Gasteiger partial charge on any atom is -0.494 e. The zero-order valence-electron chi connectivity index (χ0n) is 55.2. The van der Waals surface area contributed by atoms with Crippen molar-refractivity contribution in [1.29, 1.82) is 0 Å². The van der Waals surface area contributed by atoms with E-state index in [2.05, 4.69) is 252 Å². The molecule has 4 N–H and O–H groups in total. The van der Waals surface area contributed by atoms with Crippen LogP contribution in [0.15, 0.2) is 180 Å². The first kappa shape index (κ1) is 65.5. The molecular formula is C80H86N12O2. The van der Waals surface area contributed by atoms with Gasteiger partial charge in [0.1, 0.15) is 11.5 Å². The molecule has 3 aromatic heterocycles. The Labute approximate surface area is 553 Å². The first-order valence-electron chi connectivity index (χ1n) is 33.2. The summed E-state index contributed by atoms with van der Waals surface area (Å²) < 4.78 is 12.8. The molecule has 14 heteroatoms. The summed E-state index contributed by atoms with van der Waals surface area (Å²) in [5.74, 6) is 1.67. The summed E-state index contributed by atoms with van der Waals surface area (Å²) in [5.41, 5.74) is 39.5. The largest absolute Gasteiger partial charge is 0.494 e. The third-order valence-corrected chi connectivity index (χ3v) is 17.5. The van der Waals surface area contributed by atoms with Crippen molar-refractivity contribution >= 4 is 46.4 Å². The maximum atomic E-state index is 8.62. The average Bonchev–Trinajstić information content (AvgIpc) is 1.61. The van der Waals surface area contributed by atoms with Gasteiger partial charge in [-0.05, 0) is 189 Å². The molecule has 94 heavy (non-hydrogen) atoms. The van der Waals surface area contributed by atoms with Gasteiger partial charge in [0.05, 0.1) is 49.1 Å². The fourth-order valence-corrected chi connectivity index (χ4v) is 12.1. The Kier molecular flexibility index (Phi) is 21.7. The Hall–Kier alpha value is -9.94. The maximum Gasteiger partial charge on any atom is 0.119 e. The van der Waals surface area contributed by atoms with E-state index in [0.717, 1.165) is 190 Å². The lowest BCUT2D eigenvalue weighted by Gasteiger charge is -2.19. The molecule has 0 saturated heterocycles. The van der Waals surface area contributed by atoms with E-state index in [-0.39, 0.29) is 10.8 Å². The van der Waals surface area contributed by atoms with Crippen LogP contribution in [-0.4, -0.2) is 46.2 Å². The van der Waals surface area contributed by atoms with Crippen molar-refractivity contribution in [2.45, 2.75) is 130 Å². The van der Waals surface area contributed by atoms with Gasteiger partial charge in [0, 0.05) is 67.2 Å². The van der Waals surface area contributed by atoms with E-state index in [4.69, 9.17) is 30.5 Å². The second-order valence-corrected chi connectivity index (χ2v) is 26.5. The summed E-state index contributed by atoms with van der Waals surface area (Å²) in [7, 11) is 0. The van der Waals surface area contributed by atoms with Gasteiger partial charge in [-0.15, -0.1) is 0 Å². The highest BCUT2D eigenvalue weighted by atomic mass is 16.5. The minimum atomic E-state index is -0.0189. The zero-order chi connectivity index (χ0) is 65.3. The van der Waals surface area contributed by atoms with Crippen LogP contribution >= 0.6 is 0 Å². The molecule has 0 saturated carbocycles. The fraction of sp³-hybridized carbons (Fsp3) is 0.300. The summed E-state index contributed by atoms with van der Waals surface area (Å²) in [5, 5.41) is 14.4. The van der Waals surface area contributed by atoms with Gasteiger partial charge in [-0.1, -0.05) is 199 Å². The van der Waals surface area contributed by atoms with E-state index in [1.54, 1.807) is 0 Å². The van der Waals surface area contributed by atoms with E-state index < -0.39 is 0 Å². The van der Waals surface area contributed by atoms with Crippen LogP contribution in [0.1, 0.15) is 149 Å². The lowest BCUT2D eigenvalue weighted by molar-refractivity contribution is 0.304. The minimum absolute atomic E-state index is 0.0189. The van der Waals surface area contributed by atoms with Crippen molar-refractivity contribution in [2.75, 3.05) is 26.3 Å². The van der Waals surface area contributed by atoms with Crippen molar-refractivity contribution in [3.8, 4) is 56.0 Å². The summed E-state index contributed by atoms with van der Waals surface area (Å²) >= 11 is 0. The predicted molar refractivity (Wildman–Crippen MR) is 388 cm³/mol. The molecule has 9 aromatic rings. The van der Waals surface area contributed by atoms with Crippen LogP contribution < -0.4 is 20.1 Å². The Morgan fingerprint density at radius 2 is 0.670 bits per heavy atom. The first-order chi connectivity index (χ1) is 45.8. The van der Waals surface area contributed by atoms with Crippen molar-refractivity contribution in [3.63, 3.8) is 0 Å². The summed E-state index contributed by atoms with van der Waals surface area (Å²) in [6, 6.07) is 60.1. The molecule has 11 rings (SSSR count). The SMILES string of the molecule is CC(C)(C)c1ccc(-c2c3nc(c(-c4ccc(OCCCCCCNCc5ccc(CN=[N+]=[N-])cc5)cc4)c4ccc([nH]4)c(-c4ccc(C(C)(C)C)cc4)c4nc(c(-c5ccc(OCCCCCCNCc6ccc(CN=[N+]=[N-])cc6)cc5)c5ccc2[nH]5)C=C4)C=C3)cc1. The molecule has 0 unspecified atom stereocenters. The molecule has 2 aliphatic rings. The lowest BCUT2D eigenvalue weighted by atomic mass is 9.86. The second kappa shape index (κ2) is 31.1. The monoisotopic (exact) mass is 1250 g/mol. The number of aromatic amines is 2. The van der Waals surface area contributed by atoms with Crippen molar-refractivity contribution in [3.05, 3.63) is 247 Å². The van der Waals surface area contributed by atoms with Gasteiger partial charge < -0.3 is 30.1 Å². The maximum absolute atomic E-state index is 8.62. The molecule has 8 bridgehead atoms. The molecule has 0 aliphatic carbocycles. The fourth-order valence-electron chi connectivity index (χ4n) is 12.1. The number of hydrogen-bond donors (Lipinski definition) is 4. The molecule has 0 spiro atoms. The van der Waals surface area contributed by atoms with Gasteiger partial charge >= 0.3 is 0 Å².